The Morgan fingerprint density at radius 2 is 2.23 bits per heavy atom. The Balaban J connectivity index is 0.000000132. The lowest BCUT2D eigenvalue weighted by Crippen LogP contribution is -1.64. The minimum atomic E-state index is 1.11. The van der Waals surface area contributed by atoms with E-state index in [2.05, 4.69) is 21.9 Å². The van der Waals surface area contributed by atoms with Crippen molar-refractivity contribution in [2.75, 3.05) is 0 Å². The third-order valence-corrected chi connectivity index (χ3v) is 2.39. The second-order valence-corrected chi connectivity index (χ2v) is 3.53. The van der Waals surface area contributed by atoms with Crippen LogP contribution in [0.25, 0.3) is 0 Å². The van der Waals surface area contributed by atoms with Gasteiger partial charge >= 0.3 is 0 Å². The summed E-state index contributed by atoms with van der Waals surface area (Å²) in [6.45, 7) is 4.10. The summed E-state index contributed by atoms with van der Waals surface area (Å²) in [4.78, 5) is 11.9. The van der Waals surface area contributed by atoms with Gasteiger partial charge in [0.1, 0.15) is 0 Å². The molecule has 0 radical (unpaired) electrons. The van der Waals surface area contributed by atoms with E-state index in [4.69, 9.17) is 0 Å². The lowest BCUT2D eigenvalue weighted by atomic mass is 10.4. The van der Waals surface area contributed by atoms with Crippen molar-refractivity contribution in [3.8, 4) is 0 Å². The van der Waals surface area contributed by atoms with Crippen LogP contribution in [0, 0.1) is 6.92 Å². The Kier molecular flexibility index (Phi) is 4.18. The van der Waals surface area contributed by atoms with E-state index in [1.807, 2.05) is 18.6 Å². The lowest BCUT2D eigenvalue weighted by Gasteiger charge is -1.76. The summed E-state index contributed by atoms with van der Waals surface area (Å²) in [5, 5.41) is 0. The molecule has 4 heteroatoms. The van der Waals surface area contributed by atoms with Crippen LogP contribution in [0.4, 0.5) is 0 Å². The zero-order valence-corrected chi connectivity index (χ0v) is 8.64. The summed E-state index contributed by atoms with van der Waals surface area (Å²) in [6.07, 6.45) is 6.46. The molecule has 0 atom stereocenters. The molecule has 0 bridgehead atoms. The van der Waals surface area contributed by atoms with Crippen molar-refractivity contribution in [3.05, 3.63) is 34.8 Å². The summed E-state index contributed by atoms with van der Waals surface area (Å²) in [7, 11) is 0. The SMILES string of the molecule is CCc1cncs1.Cc1cnc[nH]1. The number of aryl methyl sites for hydroxylation is 2. The molecule has 0 amide bonds. The molecule has 2 aromatic heterocycles. The Morgan fingerprint density at radius 3 is 2.46 bits per heavy atom. The fourth-order valence-electron chi connectivity index (χ4n) is 0.742. The quantitative estimate of drug-likeness (QED) is 0.759. The van der Waals surface area contributed by atoms with Crippen LogP contribution in [0.15, 0.2) is 24.2 Å². The Hall–Kier alpha value is -1.16. The third kappa shape index (κ3) is 3.85. The lowest BCUT2D eigenvalue weighted by molar-refractivity contribution is 1.17. The van der Waals surface area contributed by atoms with Crippen molar-refractivity contribution in [2.24, 2.45) is 0 Å². The minimum absolute atomic E-state index is 1.11. The molecule has 13 heavy (non-hydrogen) atoms. The van der Waals surface area contributed by atoms with Gasteiger partial charge in [-0.2, -0.15) is 0 Å². The third-order valence-electron chi connectivity index (χ3n) is 1.47. The van der Waals surface area contributed by atoms with E-state index in [9.17, 15) is 0 Å². The molecule has 1 N–H and O–H groups in total. The maximum Gasteiger partial charge on any atom is 0.0921 e. The first-order valence-corrected chi connectivity index (χ1v) is 5.03. The van der Waals surface area contributed by atoms with Crippen LogP contribution >= 0.6 is 11.3 Å². The highest BCUT2D eigenvalue weighted by atomic mass is 32.1. The number of rotatable bonds is 1. The molecule has 3 nitrogen and oxygen atoms in total. The molecule has 0 aliphatic heterocycles. The van der Waals surface area contributed by atoms with Gasteiger partial charge in [0, 0.05) is 23.0 Å². The van der Waals surface area contributed by atoms with E-state index < -0.39 is 0 Å². The molecule has 0 aromatic carbocycles. The highest BCUT2D eigenvalue weighted by Crippen LogP contribution is 2.03. The summed E-state index contributed by atoms with van der Waals surface area (Å²) in [5.74, 6) is 0. The number of hydrogen-bond acceptors (Lipinski definition) is 3. The first kappa shape index (κ1) is 9.92. The summed E-state index contributed by atoms with van der Waals surface area (Å²) >= 11 is 1.71. The molecule has 2 rings (SSSR count). The molecule has 0 aliphatic rings. The van der Waals surface area contributed by atoms with E-state index in [0.717, 1.165) is 12.1 Å². The maximum atomic E-state index is 3.91. The summed E-state index contributed by atoms with van der Waals surface area (Å²) < 4.78 is 0. The van der Waals surface area contributed by atoms with Gasteiger partial charge in [0.2, 0.25) is 0 Å². The van der Waals surface area contributed by atoms with Gasteiger partial charge in [0.25, 0.3) is 0 Å². The minimum Gasteiger partial charge on any atom is -0.349 e. The number of thiazole rings is 1. The van der Waals surface area contributed by atoms with Crippen molar-refractivity contribution in [1.29, 1.82) is 0 Å². The van der Waals surface area contributed by atoms with Crippen molar-refractivity contribution >= 4 is 11.3 Å². The van der Waals surface area contributed by atoms with Gasteiger partial charge in [-0.3, -0.25) is 4.98 Å². The maximum absolute atomic E-state index is 3.91. The van der Waals surface area contributed by atoms with E-state index in [1.165, 1.54) is 4.88 Å². The standard InChI is InChI=1S/C5H7NS.C4H6N2/c1-2-5-3-6-4-7-5;1-4-2-5-3-6-4/h3-4H,2H2,1H3;2-3H,1H3,(H,5,6). The first-order valence-electron chi connectivity index (χ1n) is 4.15. The molecule has 0 aliphatic carbocycles. The zero-order valence-electron chi connectivity index (χ0n) is 7.82. The molecular formula is C9H13N3S. The molecule has 0 spiro atoms. The molecule has 0 fully saturated rings. The van der Waals surface area contributed by atoms with Crippen LogP contribution in [0.2, 0.25) is 0 Å². The van der Waals surface area contributed by atoms with Crippen LogP contribution < -0.4 is 0 Å². The van der Waals surface area contributed by atoms with Gasteiger partial charge in [-0.1, -0.05) is 6.92 Å². The molecule has 0 saturated heterocycles. The van der Waals surface area contributed by atoms with E-state index in [0.29, 0.717) is 0 Å². The van der Waals surface area contributed by atoms with Crippen LogP contribution in [0.1, 0.15) is 17.5 Å². The van der Waals surface area contributed by atoms with Gasteiger partial charge in [0.05, 0.1) is 11.8 Å². The van der Waals surface area contributed by atoms with Crippen molar-refractivity contribution < 1.29 is 0 Å². The van der Waals surface area contributed by atoms with E-state index >= 15 is 0 Å². The number of aromatic nitrogens is 3. The van der Waals surface area contributed by atoms with Gasteiger partial charge in [0.15, 0.2) is 0 Å². The fraction of sp³-hybridized carbons (Fsp3) is 0.333. The normalized spacial score (nSPS) is 9.08. The number of H-pyrrole nitrogens is 1. The van der Waals surface area contributed by atoms with Gasteiger partial charge in [-0.25, -0.2) is 4.98 Å². The number of imidazole rings is 1. The smallest absolute Gasteiger partial charge is 0.0921 e. The number of nitrogens with zero attached hydrogens (tertiary/aromatic N) is 2. The highest BCUT2D eigenvalue weighted by molar-refractivity contribution is 7.09. The van der Waals surface area contributed by atoms with Crippen molar-refractivity contribution in [1.82, 2.24) is 15.0 Å². The van der Waals surface area contributed by atoms with Crippen molar-refractivity contribution in [3.63, 3.8) is 0 Å². The second kappa shape index (κ2) is 5.48. The van der Waals surface area contributed by atoms with E-state index in [-0.39, 0.29) is 0 Å². The molecular weight excluding hydrogens is 182 g/mol. The second-order valence-electron chi connectivity index (χ2n) is 2.56. The van der Waals surface area contributed by atoms with Gasteiger partial charge in [-0.15, -0.1) is 11.3 Å². The van der Waals surface area contributed by atoms with Crippen molar-refractivity contribution in [2.45, 2.75) is 20.3 Å². The summed E-state index contributed by atoms with van der Waals surface area (Å²) in [5.41, 5.74) is 2.97. The van der Waals surface area contributed by atoms with Crippen LogP contribution in [0.3, 0.4) is 0 Å². The van der Waals surface area contributed by atoms with E-state index in [1.54, 1.807) is 23.9 Å². The first-order chi connectivity index (χ1) is 6.33. The molecule has 70 valence electrons. The fourth-order valence-corrected chi connectivity index (χ4v) is 1.29. The Bertz CT molecular complexity index is 299. The number of aromatic amines is 1. The highest BCUT2D eigenvalue weighted by Gasteiger charge is 1.84. The topological polar surface area (TPSA) is 41.6 Å². The number of hydrogen-bond donors (Lipinski definition) is 1. The van der Waals surface area contributed by atoms with Gasteiger partial charge in [-0.05, 0) is 13.3 Å². The predicted octanol–water partition coefficient (Wildman–Crippen LogP) is 2.42. The van der Waals surface area contributed by atoms with Crippen LogP contribution in [-0.4, -0.2) is 15.0 Å². The van der Waals surface area contributed by atoms with Crippen LogP contribution in [0.5, 0.6) is 0 Å². The monoisotopic (exact) mass is 195 g/mol. The summed E-state index contributed by atoms with van der Waals surface area (Å²) in [6, 6.07) is 0. The molecule has 0 unspecified atom stereocenters. The van der Waals surface area contributed by atoms with Crippen LogP contribution in [-0.2, 0) is 6.42 Å². The average molecular weight is 195 g/mol. The Morgan fingerprint density at radius 1 is 1.38 bits per heavy atom. The molecule has 0 saturated carbocycles. The molecule has 2 aromatic rings. The average Bonchev–Trinajstić information content (AvgIpc) is 2.76. The molecule has 2 heterocycles. The largest absolute Gasteiger partial charge is 0.349 e. The number of nitrogens with one attached hydrogen (secondary N) is 1. The predicted molar refractivity (Wildman–Crippen MR) is 54.8 cm³/mol. The van der Waals surface area contributed by atoms with Gasteiger partial charge < -0.3 is 4.98 Å². The zero-order chi connectivity index (χ0) is 9.52. The Labute approximate surface area is 81.9 Å².